The van der Waals surface area contributed by atoms with E-state index < -0.39 is 0 Å². The van der Waals surface area contributed by atoms with E-state index in [4.69, 9.17) is 0 Å². The molecule has 1 aliphatic heterocycles. The summed E-state index contributed by atoms with van der Waals surface area (Å²) >= 11 is 0. The van der Waals surface area contributed by atoms with Gasteiger partial charge in [0.05, 0.1) is 0 Å². The van der Waals surface area contributed by atoms with Crippen LogP contribution in [-0.4, -0.2) is 36.0 Å². The van der Waals surface area contributed by atoms with Gasteiger partial charge in [0.2, 0.25) is 5.91 Å². The molecule has 1 aliphatic rings. The molecule has 0 aliphatic carbocycles. The molecular formula is C18H28N2O. The third kappa shape index (κ3) is 5.16. The van der Waals surface area contributed by atoms with Crippen molar-refractivity contribution in [2.75, 3.05) is 13.1 Å². The Hall–Kier alpha value is -1.35. The van der Waals surface area contributed by atoms with Gasteiger partial charge in [0, 0.05) is 25.0 Å². The van der Waals surface area contributed by atoms with E-state index in [1.165, 1.54) is 18.4 Å². The van der Waals surface area contributed by atoms with Crippen LogP contribution in [0.25, 0.3) is 0 Å². The van der Waals surface area contributed by atoms with Crippen molar-refractivity contribution in [3.05, 3.63) is 35.9 Å². The van der Waals surface area contributed by atoms with Gasteiger partial charge >= 0.3 is 0 Å². The number of hydrogen-bond donors (Lipinski definition) is 1. The van der Waals surface area contributed by atoms with Crippen molar-refractivity contribution in [1.82, 2.24) is 10.2 Å². The number of carbonyl (C=O) groups is 1. The van der Waals surface area contributed by atoms with Crippen molar-refractivity contribution in [3.63, 3.8) is 0 Å². The molecule has 1 atom stereocenters. The summed E-state index contributed by atoms with van der Waals surface area (Å²) in [6.07, 6.45) is 5.00. The van der Waals surface area contributed by atoms with Crippen LogP contribution < -0.4 is 5.32 Å². The molecule has 1 unspecified atom stereocenters. The first-order valence-corrected chi connectivity index (χ1v) is 8.23. The topological polar surface area (TPSA) is 32.3 Å². The lowest BCUT2D eigenvalue weighted by Crippen LogP contribution is -2.44. The Kier molecular flexibility index (Phi) is 6.24. The molecule has 1 amide bonds. The lowest BCUT2D eigenvalue weighted by Gasteiger charge is -2.29. The lowest BCUT2D eigenvalue weighted by atomic mass is 10.1. The number of aryl methyl sites for hydroxylation is 1. The maximum absolute atomic E-state index is 12.5. The monoisotopic (exact) mass is 288 g/mol. The van der Waals surface area contributed by atoms with Crippen LogP contribution in [0.2, 0.25) is 0 Å². The van der Waals surface area contributed by atoms with Gasteiger partial charge in [-0.1, -0.05) is 30.3 Å². The van der Waals surface area contributed by atoms with Gasteiger partial charge in [-0.2, -0.15) is 0 Å². The molecule has 116 valence electrons. The fourth-order valence-electron chi connectivity index (χ4n) is 2.98. The highest BCUT2D eigenvalue weighted by molar-refractivity contribution is 5.76. The summed E-state index contributed by atoms with van der Waals surface area (Å²) in [4.78, 5) is 14.5. The average Bonchev–Trinajstić information content (AvgIpc) is 2.98. The number of nitrogens with zero attached hydrogens (tertiary/aromatic N) is 1. The molecule has 1 fully saturated rings. The third-order valence-electron chi connectivity index (χ3n) is 4.22. The van der Waals surface area contributed by atoms with Gasteiger partial charge in [-0.25, -0.2) is 0 Å². The Morgan fingerprint density at radius 2 is 2.10 bits per heavy atom. The van der Waals surface area contributed by atoms with Gasteiger partial charge in [-0.3, -0.25) is 4.79 Å². The summed E-state index contributed by atoms with van der Waals surface area (Å²) in [6.45, 7) is 6.19. The minimum atomic E-state index is 0.289. The standard InChI is InChI=1S/C18H28N2O/c1-15(2)20(14-17-11-7-13-19-17)18(21)12-6-10-16-8-4-3-5-9-16/h3-5,8-9,15,17,19H,6-7,10-14H2,1-2H3. The highest BCUT2D eigenvalue weighted by Crippen LogP contribution is 2.12. The maximum atomic E-state index is 12.5. The Balaban J connectivity index is 1.78. The second-order valence-electron chi connectivity index (χ2n) is 6.27. The molecule has 0 spiro atoms. The third-order valence-corrected chi connectivity index (χ3v) is 4.22. The fraction of sp³-hybridized carbons (Fsp3) is 0.611. The van der Waals surface area contributed by atoms with Gasteiger partial charge < -0.3 is 10.2 Å². The molecule has 3 heteroatoms. The maximum Gasteiger partial charge on any atom is 0.222 e. The number of rotatable bonds is 7. The highest BCUT2D eigenvalue weighted by Gasteiger charge is 2.22. The van der Waals surface area contributed by atoms with Crippen LogP contribution in [0.3, 0.4) is 0 Å². The SMILES string of the molecule is CC(C)N(CC1CCCN1)C(=O)CCCc1ccccc1. The van der Waals surface area contributed by atoms with Crippen LogP contribution >= 0.6 is 0 Å². The van der Waals surface area contributed by atoms with E-state index in [1.54, 1.807) is 0 Å². The van der Waals surface area contributed by atoms with Crippen molar-refractivity contribution < 1.29 is 4.79 Å². The van der Waals surface area contributed by atoms with Crippen LogP contribution in [-0.2, 0) is 11.2 Å². The predicted octanol–water partition coefficient (Wildman–Crippen LogP) is 3.00. The predicted molar refractivity (Wildman–Crippen MR) is 87.3 cm³/mol. The second kappa shape index (κ2) is 8.18. The Bertz CT molecular complexity index is 424. The minimum Gasteiger partial charge on any atom is -0.339 e. The fourth-order valence-corrected chi connectivity index (χ4v) is 2.98. The molecule has 0 aromatic heterocycles. The molecule has 21 heavy (non-hydrogen) atoms. The van der Waals surface area contributed by atoms with E-state index in [0.717, 1.165) is 25.9 Å². The largest absolute Gasteiger partial charge is 0.339 e. The Morgan fingerprint density at radius 3 is 2.71 bits per heavy atom. The zero-order valence-electron chi connectivity index (χ0n) is 13.3. The molecule has 0 saturated carbocycles. The normalized spacial score (nSPS) is 18.1. The first-order chi connectivity index (χ1) is 10.2. The first kappa shape index (κ1) is 16.0. The summed E-state index contributed by atoms with van der Waals surface area (Å²) in [5.41, 5.74) is 1.32. The molecule has 0 bridgehead atoms. The van der Waals surface area contributed by atoms with Crippen molar-refractivity contribution in [3.8, 4) is 0 Å². The van der Waals surface area contributed by atoms with E-state index >= 15 is 0 Å². The lowest BCUT2D eigenvalue weighted by molar-refractivity contribution is -0.133. The molecule has 1 N–H and O–H groups in total. The van der Waals surface area contributed by atoms with Crippen LogP contribution in [0.5, 0.6) is 0 Å². The van der Waals surface area contributed by atoms with Gasteiger partial charge in [0.1, 0.15) is 0 Å². The zero-order valence-corrected chi connectivity index (χ0v) is 13.3. The molecule has 1 saturated heterocycles. The molecule has 1 aromatic carbocycles. The van der Waals surface area contributed by atoms with E-state index in [-0.39, 0.29) is 6.04 Å². The first-order valence-electron chi connectivity index (χ1n) is 8.23. The molecule has 1 aromatic rings. The van der Waals surface area contributed by atoms with Crippen molar-refractivity contribution >= 4 is 5.91 Å². The van der Waals surface area contributed by atoms with Crippen LogP contribution in [0.1, 0.15) is 45.1 Å². The van der Waals surface area contributed by atoms with Gasteiger partial charge in [-0.15, -0.1) is 0 Å². The smallest absolute Gasteiger partial charge is 0.222 e. The van der Waals surface area contributed by atoms with Crippen LogP contribution in [0.4, 0.5) is 0 Å². The molecular weight excluding hydrogens is 260 g/mol. The summed E-state index contributed by atoms with van der Waals surface area (Å²) in [5, 5.41) is 3.48. The Morgan fingerprint density at radius 1 is 1.33 bits per heavy atom. The zero-order chi connectivity index (χ0) is 15.1. The molecule has 3 nitrogen and oxygen atoms in total. The number of benzene rings is 1. The summed E-state index contributed by atoms with van der Waals surface area (Å²) < 4.78 is 0. The van der Waals surface area contributed by atoms with E-state index in [9.17, 15) is 4.79 Å². The van der Waals surface area contributed by atoms with E-state index in [0.29, 0.717) is 18.4 Å². The quantitative estimate of drug-likeness (QED) is 0.836. The summed E-state index contributed by atoms with van der Waals surface area (Å²) in [5.74, 6) is 0.301. The molecule has 1 heterocycles. The number of nitrogens with one attached hydrogen (secondary N) is 1. The van der Waals surface area contributed by atoms with Gasteiger partial charge in [0.25, 0.3) is 0 Å². The van der Waals surface area contributed by atoms with Crippen molar-refractivity contribution in [2.24, 2.45) is 0 Å². The minimum absolute atomic E-state index is 0.289. The van der Waals surface area contributed by atoms with Crippen molar-refractivity contribution in [2.45, 2.75) is 58.0 Å². The van der Waals surface area contributed by atoms with Crippen molar-refractivity contribution in [1.29, 1.82) is 0 Å². The number of amides is 1. The van der Waals surface area contributed by atoms with Gasteiger partial charge in [0.15, 0.2) is 0 Å². The number of carbonyl (C=O) groups excluding carboxylic acids is 1. The van der Waals surface area contributed by atoms with E-state index in [2.05, 4.69) is 43.4 Å². The highest BCUT2D eigenvalue weighted by atomic mass is 16.2. The molecule has 2 rings (SSSR count). The average molecular weight is 288 g/mol. The Labute approximate surface area is 128 Å². The molecule has 0 radical (unpaired) electrons. The van der Waals surface area contributed by atoms with Gasteiger partial charge in [-0.05, 0) is 51.6 Å². The second-order valence-corrected chi connectivity index (χ2v) is 6.27. The summed E-state index contributed by atoms with van der Waals surface area (Å²) in [6, 6.07) is 11.2. The summed E-state index contributed by atoms with van der Waals surface area (Å²) in [7, 11) is 0. The van der Waals surface area contributed by atoms with E-state index in [1.807, 2.05) is 11.0 Å². The number of hydrogen-bond acceptors (Lipinski definition) is 2. The van der Waals surface area contributed by atoms with Crippen LogP contribution in [0, 0.1) is 0 Å². The van der Waals surface area contributed by atoms with Crippen LogP contribution in [0.15, 0.2) is 30.3 Å².